The van der Waals surface area contributed by atoms with E-state index >= 15 is 0 Å². The maximum absolute atomic E-state index is 13.7. The molecule has 1 atom stereocenters. The average molecular weight is 617 g/mol. The molecule has 0 saturated carbocycles. The molecule has 1 aliphatic rings. The summed E-state index contributed by atoms with van der Waals surface area (Å²) >= 11 is 4.21. The Bertz CT molecular complexity index is 1690. The Morgan fingerprint density at radius 2 is 1.74 bits per heavy atom. The zero-order valence-corrected chi connectivity index (χ0v) is 24.7. The van der Waals surface area contributed by atoms with Crippen molar-refractivity contribution in [3.8, 4) is 0 Å². The molecule has 4 heterocycles. The van der Waals surface area contributed by atoms with Gasteiger partial charge in [0, 0.05) is 6.42 Å². The van der Waals surface area contributed by atoms with E-state index in [-0.39, 0.29) is 36.0 Å². The number of carbonyl (C=O) groups excluding carboxylic acids is 2. The molecule has 0 bridgehead atoms. The van der Waals surface area contributed by atoms with Crippen molar-refractivity contribution in [1.82, 2.24) is 25.1 Å². The van der Waals surface area contributed by atoms with Crippen LogP contribution in [0.3, 0.4) is 0 Å². The van der Waals surface area contributed by atoms with Crippen LogP contribution < -0.4 is 5.32 Å². The fourth-order valence-electron chi connectivity index (χ4n) is 4.60. The summed E-state index contributed by atoms with van der Waals surface area (Å²) in [5, 5.41) is 22.3. The van der Waals surface area contributed by atoms with Gasteiger partial charge in [0.05, 0.1) is 40.4 Å². The molecule has 5 aromatic rings. The van der Waals surface area contributed by atoms with Crippen molar-refractivity contribution in [2.24, 2.45) is 5.10 Å². The summed E-state index contributed by atoms with van der Waals surface area (Å²) in [6, 6.07) is 23.3. The van der Waals surface area contributed by atoms with Crippen LogP contribution in [0, 0.1) is 5.82 Å². The van der Waals surface area contributed by atoms with Crippen LogP contribution in [0.1, 0.15) is 44.0 Å². The van der Waals surface area contributed by atoms with E-state index in [1.54, 1.807) is 29.5 Å². The van der Waals surface area contributed by atoms with E-state index in [4.69, 9.17) is 5.10 Å². The van der Waals surface area contributed by atoms with E-state index in [0.717, 1.165) is 21.7 Å². The molecule has 6 rings (SSSR count). The lowest BCUT2D eigenvalue weighted by Gasteiger charge is -2.22. The predicted molar refractivity (Wildman–Crippen MR) is 163 cm³/mol. The number of hydrogen-bond donors (Lipinski definition) is 1. The van der Waals surface area contributed by atoms with E-state index < -0.39 is 0 Å². The second-order valence-corrected chi connectivity index (χ2v) is 12.3. The summed E-state index contributed by atoms with van der Waals surface area (Å²) in [5.74, 6) is -0.0358. The minimum absolute atomic E-state index is 0.0768. The summed E-state index contributed by atoms with van der Waals surface area (Å²) < 4.78 is 15.6. The van der Waals surface area contributed by atoms with Gasteiger partial charge in [0.2, 0.25) is 0 Å². The molecule has 212 valence electrons. The van der Waals surface area contributed by atoms with Crippen LogP contribution in [0.2, 0.25) is 0 Å². The Hall–Kier alpha value is -4.13. The molecule has 2 aromatic carbocycles. The minimum atomic E-state index is -0.332. The van der Waals surface area contributed by atoms with Crippen LogP contribution in [-0.4, -0.2) is 43.1 Å². The van der Waals surface area contributed by atoms with E-state index in [9.17, 15) is 14.0 Å². The molecule has 1 N–H and O–H groups in total. The van der Waals surface area contributed by atoms with Gasteiger partial charge in [0.15, 0.2) is 11.0 Å². The monoisotopic (exact) mass is 616 g/mol. The molecule has 0 unspecified atom stereocenters. The SMILES string of the molecule is O=C(NCc1nnc(SCC(=O)N2N=C(c3cccs3)C[C@H]2c2ccc(F)cc2)n1Cc1ccccc1)c1cccs1. The lowest BCUT2D eigenvalue weighted by molar-refractivity contribution is -0.130. The number of carbonyl (C=O) groups is 2. The molecule has 42 heavy (non-hydrogen) atoms. The molecule has 12 heteroatoms. The normalized spacial score (nSPS) is 14.6. The van der Waals surface area contributed by atoms with E-state index in [2.05, 4.69) is 15.5 Å². The van der Waals surface area contributed by atoms with Gasteiger partial charge in [-0.2, -0.15) is 5.10 Å². The van der Waals surface area contributed by atoms with Crippen LogP contribution in [0.15, 0.2) is 99.9 Å². The number of benzene rings is 2. The molecule has 8 nitrogen and oxygen atoms in total. The number of rotatable bonds is 10. The number of aromatic nitrogens is 3. The third-order valence-electron chi connectivity index (χ3n) is 6.68. The number of hydrazone groups is 1. The summed E-state index contributed by atoms with van der Waals surface area (Å²) in [5.41, 5.74) is 2.69. The Labute approximate surface area is 253 Å². The average Bonchev–Trinajstić information content (AvgIpc) is 3.83. The number of halogens is 1. The zero-order chi connectivity index (χ0) is 28.9. The quantitative estimate of drug-likeness (QED) is 0.195. The van der Waals surface area contributed by atoms with Gasteiger partial charge in [0.1, 0.15) is 5.82 Å². The van der Waals surface area contributed by atoms with Crippen LogP contribution >= 0.6 is 34.4 Å². The van der Waals surface area contributed by atoms with Gasteiger partial charge in [-0.3, -0.25) is 9.59 Å². The van der Waals surface area contributed by atoms with Crippen molar-refractivity contribution in [2.45, 2.75) is 30.7 Å². The van der Waals surface area contributed by atoms with Crippen molar-refractivity contribution in [2.75, 3.05) is 5.75 Å². The Kier molecular flexibility index (Phi) is 8.54. The molecule has 0 saturated heterocycles. The first-order valence-electron chi connectivity index (χ1n) is 13.1. The standard InChI is InChI=1S/C30H25FN6O2S3/c31-22-12-10-21(11-13-22)24-16-23(25-8-4-14-40-25)35-37(24)28(38)19-42-30-34-33-27(17-32-29(39)26-9-5-15-41-26)36(30)18-20-6-2-1-3-7-20/h1-15,24H,16-19H2,(H,32,39)/t24-/m0/s1. The minimum Gasteiger partial charge on any atom is -0.344 e. The molecule has 0 fully saturated rings. The summed E-state index contributed by atoms with van der Waals surface area (Å²) in [6.07, 6.45) is 0.542. The fraction of sp³-hybridized carbons (Fsp3) is 0.167. The van der Waals surface area contributed by atoms with Crippen LogP contribution in [-0.2, 0) is 17.9 Å². The van der Waals surface area contributed by atoms with Gasteiger partial charge in [-0.05, 0) is 46.2 Å². The van der Waals surface area contributed by atoms with Gasteiger partial charge in [-0.25, -0.2) is 9.40 Å². The topological polar surface area (TPSA) is 92.5 Å². The summed E-state index contributed by atoms with van der Waals surface area (Å²) in [6.45, 7) is 0.676. The number of amides is 2. The van der Waals surface area contributed by atoms with Crippen molar-refractivity contribution >= 4 is 52.0 Å². The number of nitrogens with one attached hydrogen (secondary N) is 1. The number of nitrogens with zero attached hydrogens (tertiary/aromatic N) is 5. The van der Waals surface area contributed by atoms with Gasteiger partial charge < -0.3 is 9.88 Å². The molecule has 0 aliphatic carbocycles. The van der Waals surface area contributed by atoms with Gasteiger partial charge in [-0.1, -0.05) is 66.4 Å². The highest BCUT2D eigenvalue weighted by atomic mass is 32.2. The molecule has 0 spiro atoms. The Morgan fingerprint density at radius 3 is 2.48 bits per heavy atom. The smallest absolute Gasteiger partial charge is 0.261 e. The largest absolute Gasteiger partial charge is 0.344 e. The zero-order valence-electron chi connectivity index (χ0n) is 22.2. The predicted octanol–water partition coefficient (Wildman–Crippen LogP) is 5.99. The maximum Gasteiger partial charge on any atom is 0.261 e. The number of hydrogen-bond acceptors (Lipinski definition) is 8. The highest BCUT2D eigenvalue weighted by Crippen LogP contribution is 2.35. The Morgan fingerprint density at radius 1 is 0.952 bits per heavy atom. The second kappa shape index (κ2) is 12.8. The Balaban J connectivity index is 1.21. The molecule has 0 radical (unpaired) electrons. The van der Waals surface area contributed by atoms with Gasteiger partial charge in [0.25, 0.3) is 11.8 Å². The molecule has 3 aromatic heterocycles. The summed E-state index contributed by atoms with van der Waals surface area (Å²) in [4.78, 5) is 27.8. The van der Waals surface area contributed by atoms with Crippen molar-refractivity contribution < 1.29 is 14.0 Å². The first kappa shape index (κ1) is 28.0. The van der Waals surface area contributed by atoms with Gasteiger partial charge >= 0.3 is 0 Å². The first-order chi connectivity index (χ1) is 20.5. The lowest BCUT2D eigenvalue weighted by atomic mass is 10.0. The molecule has 2 amide bonds. The molecular weight excluding hydrogens is 592 g/mol. The molecular formula is C30H25FN6O2S3. The van der Waals surface area contributed by atoms with Crippen molar-refractivity contribution in [3.05, 3.63) is 122 Å². The van der Waals surface area contributed by atoms with E-state index in [1.165, 1.54) is 40.2 Å². The fourth-order valence-corrected chi connectivity index (χ4v) is 6.77. The van der Waals surface area contributed by atoms with Gasteiger partial charge in [-0.15, -0.1) is 32.9 Å². The number of thiophene rings is 2. The first-order valence-corrected chi connectivity index (χ1v) is 15.9. The maximum atomic E-state index is 13.7. The van der Waals surface area contributed by atoms with Crippen LogP contribution in [0.25, 0.3) is 0 Å². The highest BCUT2D eigenvalue weighted by molar-refractivity contribution is 7.99. The van der Waals surface area contributed by atoms with Crippen molar-refractivity contribution in [3.63, 3.8) is 0 Å². The third kappa shape index (κ3) is 6.35. The second-order valence-electron chi connectivity index (χ2n) is 9.45. The van der Waals surface area contributed by atoms with E-state index in [0.29, 0.717) is 28.8 Å². The number of thioether (sulfide) groups is 1. The van der Waals surface area contributed by atoms with Crippen LogP contribution in [0.4, 0.5) is 4.39 Å². The van der Waals surface area contributed by atoms with Crippen LogP contribution in [0.5, 0.6) is 0 Å². The summed E-state index contributed by atoms with van der Waals surface area (Å²) in [7, 11) is 0. The lowest BCUT2D eigenvalue weighted by Crippen LogP contribution is -2.28. The van der Waals surface area contributed by atoms with Crippen molar-refractivity contribution in [1.29, 1.82) is 0 Å². The third-order valence-corrected chi connectivity index (χ3v) is 9.42. The molecule has 1 aliphatic heterocycles. The van der Waals surface area contributed by atoms with E-state index in [1.807, 2.05) is 63.9 Å². The highest BCUT2D eigenvalue weighted by Gasteiger charge is 2.33.